The molecule has 0 aliphatic carbocycles. The van der Waals surface area contributed by atoms with E-state index in [4.69, 9.17) is 0 Å². The second-order valence-corrected chi connectivity index (χ2v) is 2.90. The molecule has 1 heteroatoms. The van der Waals surface area contributed by atoms with Gasteiger partial charge in [0, 0.05) is 13.1 Å². The van der Waals surface area contributed by atoms with Gasteiger partial charge in [0.2, 0.25) is 0 Å². The van der Waals surface area contributed by atoms with Gasteiger partial charge in [-0.15, -0.1) is 6.58 Å². The smallest absolute Gasteiger partial charge is 0.0157 e. The summed E-state index contributed by atoms with van der Waals surface area (Å²) in [6.45, 7) is 10.3. The van der Waals surface area contributed by atoms with E-state index in [0.717, 1.165) is 19.0 Å². The summed E-state index contributed by atoms with van der Waals surface area (Å²) < 4.78 is 0. The summed E-state index contributed by atoms with van der Waals surface area (Å²) >= 11 is 0. The van der Waals surface area contributed by atoms with Gasteiger partial charge in [-0.1, -0.05) is 19.9 Å². The third-order valence-electron chi connectivity index (χ3n) is 1.12. The largest absolute Gasteiger partial charge is 0.302 e. The fourth-order valence-electron chi connectivity index (χ4n) is 0.918. The average Bonchev–Trinajstić information content (AvgIpc) is 1.63. The van der Waals surface area contributed by atoms with E-state index in [1.54, 1.807) is 0 Å². The van der Waals surface area contributed by atoms with E-state index in [9.17, 15) is 0 Å². The third kappa shape index (κ3) is 5.57. The number of rotatable bonds is 4. The molecule has 0 aromatic rings. The SMILES string of the molecule is C=CCN(C)CC(C)C. The van der Waals surface area contributed by atoms with Gasteiger partial charge in [-0.2, -0.15) is 0 Å². The quantitative estimate of drug-likeness (QED) is 0.520. The minimum atomic E-state index is 0.759. The van der Waals surface area contributed by atoms with Crippen LogP contribution in [0, 0.1) is 5.92 Å². The van der Waals surface area contributed by atoms with Gasteiger partial charge in [-0.25, -0.2) is 0 Å². The van der Waals surface area contributed by atoms with Crippen LogP contribution >= 0.6 is 0 Å². The van der Waals surface area contributed by atoms with Crippen LogP contribution in [0.3, 0.4) is 0 Å². The Labute approximate surface area is 58.4 Å². The number of nitrogens with zero attached hydrogens (tertiary/aromatic N) is 1. The van der Waals surface area contributed by atoms with Crippen LogP contribution < -0.4 is 0 Å². The topological polar surface area (TPSA) is 3.24 Å². The lowest BCUT2D eigenvalue weighted by Crippen LogP contribution is -2.22. The summed E-state index contributed by atoms with van der Waals surface area (Å²) in [5.74, 6) is 0.759. The molecular formula is C8H17N. The molecule has 0 aliphatic rings. The first kappa shape index (κ1) is 8.70. The number of hydrogen-bond acceptors (Lipinski definition) is 1. The molecule has 0 fully saturated rings. The Hall–Kier alpha value is -0.300. The fraction of sp³-hybridized carbons (Fsp3) is 0.750. The van der Waals surface area contributed by atoms with Crippen molar-refractivity contribution in [2.75, 3.05) is 20.1 Å². The molecule has 0 saturated heterocycles. The highest BCUT2D eigenvalue weighted by atomic mass is 15.1. The zero-order chi connectivity index (χ0) is 7.28. The molecular weight excluding hydrogens is 110 g/mol. The van der Waals surface area contributed by atoms with Crippen LogP contribution in [0.25, 0.3) is 0 Å². The molecule has 0 aromatic carbocycles. The van der Waals surface area contributed by atoms with Crippen LogP contribution in [-0.4, -0.2) is 25.0 Å². The van der Waals surface area contributed by atoms with Crippen molar-refractivity contribution in [3.8, 4) is 0 Å². The first-order valence-corrected chi connectivity index (χ1v) is 3.46. The molecule has 0 N–H and O–H groups in total. The fourth-order valence-corrected chi connectivity index (χ4v) is 0.918. The molecule has 0 atom stereocenters. The standard InChI is InChI=1S/C8H17N/c1-5-6-9(4)7-8(2)3/h5,8H,1,6-7H2,2-4H3. The lowest BCUT2D eigenvalue weighted by molar-refractivity contribution is 0.324. The van der Waals surface area contributed by atoms with E-state index in [1.807, 2.05) is 6.08 Å². The van der Waals surface area contributed by atoms with Crippen LogP contribution in [0.1, 0.15) is 13.8 Å². The first-order chi connectivity index (χ1) is 4.16. The molecule has 54 valence electrons. The zero-order valence-electron chi connectivity index (χ0n) is 6.72. The Kier molecular flexibility index (Phi) is 4.41. The van der Waals surface area contributed by atoms with E-state index < -0.39 is 0 Å². The Morgan fingerprint density at radius 3 is 2.44 bits per heavy atom. The Balaban J connectivity index is 3.25. The van der Waals surface area contributed by atoms with Crippen LogP contribution in [0.4, 0.5) is 0 Å². The second-order valence-electron chi connectivity index (χ2n) is 2.90. The van der Waals surface area contributed by atoms with Gasteiger partial charge in [-0.3, -0.25) is 0 Å². The summed E-state index contributed by atoms with van der Waals surface area (Å²) in [7, 11) is 2.11. The third-order valence-corrected chi connectivity index (χ3v) is 1.12. The lowest BCUT2D eigenvalue weighted by Gasteiger charge is -2.15. The highest BCUT2D eigenvalue weighted by Crippen LogP contribution is 1.94. The maximum atomic E-state index is 3.67. The molecule has 0 radical (unpaired) electrons. The minimum Gasteiger partial charge on any atom is -0.302 e. The van der Waals surface area contributed by atoms with Crippen LogP contribution in [0.5, 0.6) is 0 Å². The molecule has 0 rings (SSSR count). The Morgan fingerprint density at radius 1 is 1.56 bits per heavy atom. The summed E-state index contributed by atoms with van der Waals surface area (Å²) in [6.07, 6.45) is 1.93. The molecule has 0 spiro atoms. The van der Waals surface area contributed by atoms with E-state index >= 15 is 0 Å². The second kappa shape index (κ2) is 4.57. The van der Waals surface area contributed by atoms with Crippen molar-refractivity contribution in [2.24, 2.45) is 5.92 Å². The molecule has 0 amide bonds. The van der Waals surface area contributed by atoms with Crippen LogP contribution in [0.2, 0.25) is 0 Å². The van der Waals surface area contributed by atoms with Crippen molar-refractivity contribution in [1.29, 1.82) is 0 Å². The Bertz CT molecular complexity index is 76.6. The zero-order valence-corrected chi connectivity index (χ0v) is 6.72. The number of likely N-dealkylation sites (N-methyl/N-ethyl adjacent to an activating group) is 1. The van der Waals surface area contributed by atoms with Gasteiger partial charge in [0.25, 0.3) is 0 Å². The molecule has 0 bridgehead atoms. The molecule has 0 unspecified atom stereocenters. The van der Waals surface area contributed by atoms with Gasteiger partial charge in [0.1, 0.15) is 0 Å². The molecule has 0 aromatic heterocycles. The van der Waals surface area contributed by atoms with E-state index in [0.29, 0.717) is 0 Å². The maximum Gasteiger partial charge on any atom is 0.0157 e. The number of hydrogen-bond donors (Lipinski definition) is 0. The average molecular weight is 127 g/mol. The predicted octanol–water partition coefficient (Wildman–Crippen LogP) is 1.76. The highest BCUT2D eigenvalue weighted by molar-refractivity contribution is 4.71. The molecule has 0 aliphatic heterocycles. The van der Waals surface area contributed by atoms with Crippen molar-refractivity contribution < 1.29 is 0 Å². The van der Waals surface area contributed by atoms with Crippen molar-refractivity contribution >= 4 is 0 Å². The molecule has 0 saturated carbocycles. The van der Waals surface area contributed by atoms with Gasteiger partial charge in [-0.05, 0) is 13.0 Å². The van der Waals surface area contributed by atoms with Crippen molar-refractivity contribution in [3.05, 3.63) is 12.7 Å². The van der Waals surface area contributed by atoms with Gasteiger partial charge in [0.15, 0.2) is 0 Å². The maximum absolute atomic E-state index is 3.67. The van der Waals surface area contributed by atoms with Crippen LogP contribution in [-0.2, 0) is 0 Å². The minimum absolute atomic E-state index is 0.759. The predicted molar refractivity (Wildman–Crippen MR) is 42.5 cm³/mol. The monoisotopic (exact) mass is 127 g/mol. The normalized spacial score (nSPS) is 10.8. The summed E-state index contributed by atoms with van der Waals surface area (Å²) in [5.41, 5.74) is 0. The van der Waals surface area contributed by atoms with Crippen molar-refractivity contribution in [3.63, 3.8) is 0 Å². The lowest BCUT2D eigenvalue weighted by atomic mass is 10.2. The van der Waals surface area contributed by atoms with Crippen molar-refractivity contribution in [2.45, 2.75) is 13.8 Å². The summed E-state index contributed by atoms with van der Waals surface area (Å²) in [4.78, 5) is 2.26. The Morgan fingerprint density at radius 2 is 2.11 bits per heavy atom. The van der Waals surface area contributed by atoms with E-state index in [2.05, 4.69) is 32.4 Å². The summed E-state index contributed by atoms with van der Waals surface area (Å²) in [6, 6.07) is 0. The highest BCUT2D eigenvalue weighted by Gasteiger charge is 1.96. The first-order valence-electron chi connectivity index (χ1n) is 3.46. The van der Waals surface area contributed by atoms with Gasteiger partial charge < -0.3 is 4.90 Å². The van der Waals surface area contributed by atoms with Gasteiger partial charge >= 0.3 is 0 Å². The molecule has 9 heavy (non-hydrogen) atoms. The summed E-state index contributed by atoms with van der Waals surface area (Å²) in [5, 5.41) is 0. The molecule has 0 heterocycles. The van der Waals surface area contributed by atoms with Gasteiger partial charge in [0.05, 0.1) is 0 Å². The molecule has 1 nitrogen and oxygen atoms in total. The van der Waals surface area contributed by atoms with Crippen molar-refractivity contribution in [1.82, 2.24) is 4.90 Å². The van der Waals surface area contributed by atoms with E-state index in [-0.39, 0.29) is 0 Å². The van der Waals surface area contributed by atoms with E-state index in [1.165, 1.54) is 0 Å². The van der Waals surface area contributed by atoms with Crippen LogP contribution in [0.15, 0.2) is 12.7 Å².